The van der Waals surface area contributed by atoms with Crippen molar-refractivity contribution in [1.82, 2.24) is 4.90 Å². The highest BCUT2D eigenvalue weighted by atomic mass is 79.9. The SMILES string of the molecule is COc1cc2c(cc1Br)C[C@H]1[C@H]3CCCC[C@]23CCN1C. The van der Waals surface area contributed by atoms with Gasteiger partial charge in [-0.3, -0.25) is 0 Å². The second kappa shape index (κ2) is 4.99. The van der Waals surface area contributed by atoms with Gasteiger partial charge in [0.2, 0.25) is 0 Å². The number of likely N-dealkylation sites (N-methyl/N-ethyl adjacent to an activating group) is 1. The monoisotopic (exact) mass is 349 g/mol. The van der Waals surface area contributed by atoms with Crippen LogP contribution in [0.4, 0.5) is 0 Å². The summed E-state index contributed by atoms with van der Waals surface area (Å²) < 4.78 is 6.70. The number of hydrogen-bond acceptors (Lipinski definition) is 2. The molecule has 2 aliphatic carbocycles. The molecule has 3 atom stereocenters. The van der Waals surface area contributed by atoms with E-state index < -0.39 is 0 Å². The van der Waals surface area contributed by atoms with Crippen molar-refractivity contribution in [1.29, 1.82) is 0 Å². The molecule has 114 valence electrons. The fraction of sp³-hybridized carbons (Fsp3) is 0.667. The normalized spacial score (nSPS) is 35.0. The third-order valence-electron chi connectivity index (χ3n) is 6.38. The standard InChI is InChI=1S/C18H24BrNO/c1-20-8-7-18-6-4-3-5-13(18)16(20)10-12-9-15(19)17(21-2)11-14(12)18/h9,11,13,16H,3-8,10H2,1-2H3/t13-,16+,18-/m1/s1. The zero-order chi connectivity index (χ0) is 14.6. The Morgan fingerprint density at radius 2 is 2.14 bits per heavy atom. The van der Waals surface area contributed by atoms with Gasteiger partial charge < -0.3 is 9.64 Å². The molecule has 0 aromatic heterocycles. The number of fused-ring (bicyclic) bond motifs is 1. The Morgan fingerprint density at radius 3 is 2.95 bits per heavy atom. The molecule has 2 bridgehead atoms. The summed E-state index contributed by atoms with van der Waals surface area (Å²) in [7, 11) is 4.11. The highest BCUT2D eigenvalue weighted by Gasteiger charge is 2.53. The molecule has 2 fully saturated rings. The molecular formula is C18H24BrNO. The lowest BCUT2D eigenvalue weighted by Gasteiger charge is -2.58. The largest absolute Gasteiger partial charge is 0.496 e. The molecule has 0 spiro atoms. The van der Waals surface area contributed by atoms with Gasteiger partial charge >= 0.3 is 0 Å². The summed E-state index contributed by atoms with van der Waals surface area (Å²) in [5, 5.41) is 0. The number of likely N-dealkylation sites (tertiary alicyclic amines) is 1. The first-order chi connectivity index (χ1) is 10.2. The maximum Gasteiger partial charge on any atom is 0.133 e. The molecule has 0 N–H and O–H groups in total. The van der Waals surface area contributed by atoms with E-state index >= 15 is 0 Å². The molecule has 1 saturated heterocycles. The summed E-state index contributed by atoms with van der Waals surface area (Å²) in [5.41, 5.74) is 3.59. The van der Waals surface area contributed by atoms with E-state index in [1.54, 1.807) is 18.2 Å². The van der Waals surface area contributed by atoms with Gasteiger partial charge in [0.15, 0.2) is 0 Å². The molecule has 3 heteroatoms. The summed E-state index contributed by atoms with van der Waals surface area (Å²) in [4.78, 5) is 2.62. The van der Waals surface area contributed by atoms with Gasteiger partial charge in [0.05, 0.1) is 11.6 Å². The number of piperidine rings is 1. The highest BCUT2D eigenvalue weighted by Crippen LogP contribution is 2.56. The summed E-state index contributed by atoms with van der Waals surface area (Å²) >= 11 is 3.68. The third kappa shape index (κ3) is 1.93. The molecule has 1 heterocycles. The van der Waals surface area contributed by atoms with E-state index in [1.165, 1.54) is 45.1 Å². The summed E-state index contributed by atoms with van der Waals surface area (Å²) in [6.07, 6.45) is 8.13. The second-order valence-corrected chi connectivity index (χ2v) is 8.01. The average molecular weight is 350 g/mol. The van der Waals surface area contributed by atoms with Crippen molar-refractivity contribution in [2.24, 2.45) is 5.92 Å². The summed E-state index contributed by atoms with van der Waals surface area (Å²) in [6, 6.07) is 5.42. The van der Waals surface area contributed by atoms with Crippen LogP contribution in [0.25, 0.3) is 0 Å². The predicted octanol–water partition coefficient (Wildman–Crippen LogP) is 4.15. The van der Waals surface area contributed by atoms with Crippen LogP contribution in [-0.4, -0.2) is 31.6 Å². The first-order valence-corrected chi connectivity index (χ1v) is 9.02. The molecule has 4 rings (SSSR count). The minimum atomic E-state index is 0.428. The number of rotatable bonds is 1. The Labute approximate surface area is 136 Å². The van der Waals surface area contributed by atoms with Gasteiger partial charge in [-0.2, -0.15) is 0 Å². The van der Waals surface area contributed by atoms with E-state index in [-0.39, 0.29) is 0 Å². The zero-order valence-electron chi connectivity index (χ0n) is 13.0. The Kier molecular flexibility index (Phi) is 3.34. The summed E-state index contributed by atoms with van der Waals surface area (Å²) in [5.74, 6) is 1.85. The van der Waals surface area contributed by atoms with E-state index in [4.69, 9.17) is 4.74 Å². The molecule has 1 aliphatic heterocycles. The predicted molar refractivity (Wildman–Crippen MR) is 89.1 cm³/mol. The van der Waals surface area contributed by atoms with Crippen LogP contribution in [0.2, 0.25) is 0 Å². The second-order valence-electron chi connectivity index (χ2n) is 7.15. The number of benzene rings is 1. The van der Waals surface area contributed by atoms with Crippen LogP contribution in [-0.2, 0) is 11.8 Å². The van der Waals surface area contributed by atoms with Gasteiger partial charge in [-0.25, -0.2) is 0 Å². The number of nitrogens with zero attached hydrogens (tertiary/aromatic N) is 1. The number of methoxy groups -OCH3 is 1. The number of ether oxygens (including phenoxy) is 1. The molecule has 1 aromatic carbocycles. The van der Waals surface area contributed by atoms with Gasteiger partial charge in [-0.1, -0.05) is 12.8 Å². The quantitative estimate of drug-likeness (QED) is 0.755. The Hall–Kier alpha value is -0.540. The van der Waals surface area contributed by atoms with Crippen molar-refractivity contribution in [2.45, 2.75) is 50.0 Å². The molecule has 0 radical (unpaired) electrons. The number of hydrogen-bond donors (Lipinski definition) is 0. The zero-order valence-corrected chi connectivity index (χ0v) is 14.6. The van der Waals surface area contributed by atoms with Crippen molar-refractivity contribution in [3.05, 3.63) is 27.7 Å². The van der Waals surface area contributed by atoms with Gasteiger partial charge in [0.25, 0.3) is 0 Å². The van der Waals surface area contributed by atoms with E-state index in [0.717, 1.165) is 22.2 Å². The third-order valence-corrected chi connectivity index (χ3v) is 7.00. The van der Waals surface area contributed by atoms with Gasteiger partial charge in [0, 0.05) is 11.5 Å². The minimum Gasteiger partial charge on any atom is -0.496 e. The average Bonchev–Trinajstić information content (AvgIpc) is 2.50. The Balaban J connectivity index is 1.90. The molecule has 0 amide bonds. The lowest BCUT2D eigenvalue weighted by Crippen LogP contribution is -2.59. The molecule has 3 aliphatic rings. The van der Waals surface area contributed by atoms with Crippen molar-refractivity contribution < 1.29 is 4.74 Å². The highest BCUT2D eigenvalue weighted by molar-refractivity contribution is 9.10. The fourth-order valence-electron chi connectivity index (χ4n) is 5.36. The summed E-state index contributed by atoms with van der Waals surface area (Å²) in [6.45, 7) is 1.25. The molecule has 0 unspecified atom stereocenters. The van der Waals surface area contributed by atoms with E-state index in [9.17, 15) is 0 Å². The number of halogens is 1. The molecule has 1 saturated carbocycles. The molecule has 21 heavy (non-hydrogen) atoms. The van der Waals surface area contributed by atoms with Gasteiger partial charge in [-0.05, 0) is 84.4 Å². The Bertz CT molecular complexity index is 573. The van der Waals surface area contributed by atoms with E-state index in [0.29, 0.717) is 5.41 Å². The van der Waals surface area contributed by atoms with Crippen LogP contribution in [0.5, 0.6) is 5.75 Å². The van der Waals surface area contributed by atoms with Crippen LogP contribution < -0.4 is 4.74 Å². The van der Waals surface area contributed by atoms with Crippen LogP contribution in [0.1, 0.15) is 43.2 Å². The first kappa shape index (κ1) is 14.1. The van der Waals surface area contributed by atoms with Crippen molar-refractivity contribution in [3.63, 3.8) is 0 Å². The minimum absolute atomic E-state index is 0.428. The van der Waals surface area contributed by atoms with Crippen LogP contribution >= 0.6 is 15.9 Å². The fourth-order valence-corrected chi connectivity index (χ4v) is 5.91. The molecule has 1 aromatic rings. The van der Waals surface area contributed by atoms with E-state index in [2.05, 4.69) is 40.0 Å². The smallest absolute Gasteiger partial charge is 0.133 e. The van der Waals surface area contributed by atoms with Crippen LogP contribution in [0.15, 0.2) is 16.6 Å². The maximum atomic E-state index is 5.59. The van der Waals surface area contributed by atoms with Crippen molar-refractivity contribution in [3.8, 4) is 5.75 Å². The Morgan fingerprint density at radius 1 is 1.29 bits per heavy atom. The van der Waals surface area contributed by atoms with Crippen molar-refractivity contribution >= 4 is 15.9 Å². The first-order valence-electron chi connectivity index (χ1n) is 8.23. The van der Waals surface area contributed by atoms with Crippen molar-refractivity contribution in [2.75, 3.05) is 20.7 Å². The maximum absolute atomic E-state index is 5.59. The van der Waals surface area contributed by atoms with Gasteiger partial charge in [-0.15, -0.1) is 0 Å². The lowest BCUT2D eigenvalue weighted by atomic mass is 9.52. The lowest BCUT2D eigenvalue weighted by molar-refractivity contribution is 0.00271. The topological polar surface area (TPSA) is 12.5 Å². The van der Waals surface area contributed by atoms with Gasteiger partial charge in [0.1, 0.15) is 5.75 Å². The van der Waals surface area contributed by atoms with Crippen LogP contribution in [0.3, 0.4) is 0 Å². The molecular weight excluding hydrogens is 326 g/mol. The van der Waals surface area contributed by atoms with E-state index in [1.807, 2.05) is 0 Å². The van der Waals surface area contributed by atoms with Crippen LogP contribution in [0, 0.1) is 5.92 Å². The molecule has 2 nitrogen and oxygen atoms in total.